The number of rotatable bonds is 3. The maximum Gasteiger partial charge on any atom is 0.0224 e. The van der Waals surface area contributed by atoms with E-state index in [9.17, 15) is 0 Å². The summed E-state index contributed by atoms with van der Waals surface area (Å²) in [5.74, 6) is 0.700. The fraction of sp³-hybridized carbons (Fsp3) is 0.667. The van der Waals surface area contributed by atoms with Gasteiger partial charge in [0, 0.05) is 12.8 Å². The Morgan fingerprint density at radius 2 is 2.50 bits per heavy atom. The van der Waals surface area contributed by atoms with Gasteiger partial charge in [0.25, 0.3) is 0 Å². The summed E-state index contributed by atoms with van der Waals surface area (Å²) in [5.41, 5.74) is 6.32. The standard InChI is InChI=1S/C9H17N3/c1-12-3-2-8(7-12)4-9(5-10)6-11/h5-6,8,10H,2-4,7,11H2,1H3/b9-6-,10-5?. The van der Waals surface area contributed by atoms with Crippen molar-refractivity contribution in [2.75, 3.05) is 20.1 Å². The van der Waals surface area contributed by atoms with E-state index in [1.807, 2.05) is 0 Å². The molecular weight excluding hydrogens is 150 g/mol. The van der Waals surface area contributed by atoms with Crippen molar-refractivity contribution in [1.82, 2.24) is 4.90 Å². The summed E-state index contributed by atoms with van der Waals surface area (Å²) >= 11 is 0. The molecule has 1 unspecified atom stereocenters. The second-order valence-electron chi connectivity index (χ2n) is 3.51. The number of hydrogen-bond acceptors (Lipinski definition) is 3. The van der Waals surface area contributed by atoms with E-state index >= 15 is 0 Å². The first-order valence-corrected chi connectivity index (χ1v) is 4.36. The molecule has 1 saturated heterocycles. The molecule has 1 atom stereocenters. The first kappa shape index (κ1) is 9.26. The summed E-state index contributed by atoms with van der Waals surface area (Å²) in [7, 11) is 2.14. The maximum absolute atomic E-state index is 7.09. The molecule has 3 heteroatoms. The van der Waals surface area contributed by atoms with E-state index in [4.69, 9.17) is 11.1 Å². The zero-order valence-electron chi connectivity index (χ0n) is 7.59. The number of allylic oxidation sites excluding steroid dienone is 1. The molecule has 12 heavy (non-hydrogen) atoms. The van der Waals surface area contributed by atoms with Crippen molar-refractivity contribution in [3.05, 3.63) is 11.8 Å². The molecule has 1 rings (SSSR count). The second-order valence-corrected chi connectivity index (χ2v) is 3.51. The summed E-state index contributed by atoms with van der Waals surface area (Å²) in [5, 5.41) is 7.09. The molecule has 0 aromatic rings. The van der Waals surface area contributed by atoms with Crippen molar-refractivity contribution >= 4 is 6.21 Å². The van der Waals surface area contributed by atoms with Crippen LogP contribution in [-0.4, -0.2) is 31.3 Å². The smallest absolute Gasteiger partial charge is 0.0224 e. The molecule has 0 saturated carbocycles. The fourth-order valence-corrected chi connectivity index (χ4v) is 1.70. The van der Waals surface area contributed by atoms with Crippen molar-refractivity contribution in [3.8, 4) is 0 Å². The lowest BCUT2D eigenvalue weighted by molar-refractivity contribution is 0.395. The third-order valence-electron chi connectivity index (χ3n) is 2.41. The van der Waals surface area contributed by atoms with E-state index in [1.54, 1.807) is 6.20 Å². The van der Waals surface area contributed by atoms with Crippen LogP contribution in [-0.2, 0) is 0 Å². The number of hydrogen-bond donors (Lipinski definition) is 2. The van der Waals surface area contributed by atoms with Crippen LogP contribution in [0, 0.1) is 11.3 Å². The van der Waals surface area contributed by atoms with Crippen LogP contribution in [0.3, 0.4) is 0 Å². The highest BCUT2D eigenvalue weighted by Gasteiger charge is 2.19. The normalized spacial score (nSPS) is 26.1. The molecule has 3 nitrogen and oxygen atoms in total. The van der Waals surface area contributed by atoms with Crippen LogP contribution in [0.15, 0.2) is 11.8 Å². The van der Waals surface area contributed by atoms with Gasteiger partial charge in [0.15, 0.2) is 0 Å². The average Bonchev–Trinajstić information content (AvgIpc) is 2.47. The molecule has 3 N–H and O–H groups in total. The first-order valence-electron chi connectivity index (χ1n) is 4.36. The van der Waals surface area contributed by atoms with E-state index in [0.717, 1.165) is 18.5 Å². The summed E-state index contributed by atoms with van der Waals surface area (Å²) < 4.78 is 0. The van der Waals surface area contributed by atoms with Gasteiger partial charge in [0.1, 0.15) is 0 Å². The van der Waals surface area contributed by atoms with Gasteiger partial charge in [-0.2, -0.15) is 0 Å². The zero-order chi connectivity index (χ0) is 8.97. The predicted molar refractivity (Wildman–Crippen MR) is 51.3 cm³/mol. The van der Waals surface area contributed by atoms with Crippen molar-refractivity contribution in [1.29, 1.82) is 5.41 Å². The molecule has 0 aromatic carbocycles. The van der Waals surface area contributed by atoms with Gasteiger partial charge in [-0.25, -0.2) is 0 Å². The Balaban J connectivity index is 2.36. The molecule has 0 radical (unpaired) electrons. The highest BCUT2D eigenvalue weighted by molar-refractivity contribution is 5.75. The molecule has 0 spiro atoms. The van der Waals surface area contributed by atoms with E-state index in [-0.39, 0.29) is 0 Å². The Hall–Kier alpha value is -0.830. The Kier molecular flexibility index (Phi) is 3.29. The van der Waals surface area contributed by atoms with Crippen LogP contribution in [0.1, 0.15) is 12.8 Å². The Labute approximate surface area is 73.7 Å². The molecule has 0 aromatic heterocycles. The molecule has 1 aliphatic rings. The van der Waals surface area contributed by atoms with Crippen molar-refractivity contribution in [2.24, 2.45) is 11.7 Å². The third kappa shape index (κ3) is 2.34. The summed E-state index contributed by atoms with van der Waals surface area (Å²) in [6, 6.07) is 0. The molecule has 68 valence electrons. The number of likely N-dealkylation sites (tertiary alicyclic amines) is 1. The Morgan fingerprint density at radius 1 is 1.75 bits per heavy atom. The van der Waals surface area contributed by atoms with E-state index in [0.29, 0.717) is 5.92 Å². The molecule has 1 heterocycles. The molecule has 0 amide bonds. The van der Waals surface area contributed by atoms with Crippen molar-refractivity contribution in [2.45, 2.75) is 12.8 Å². The summed E-state index contributed by atoms with van der Waals surface area (Å²) in [4.78, 5) is 2.32. The minimum absolute atomic E-state index is 0.700. The van der Waals surface area contributed by atoms with Crippen molar-refractivity contribution in [3.63, 3.8) is 0 Å². The first-order chi connectivity index (χ1) is 5.76. The minimum atomic E-state index is 0.700. The van der Waals surface area contributed by atoms with Gasteiger partial charge in [-0.3, -0.25) is 0 Å². The second kappa shape index (κ2) is 4.26. The quantitative estimate of drug-likeness (QED) is 0.611. The fourth-order valence-electron chi connectivity index (χ4n) is 1.70. The average molecular weight is 167 g/mol. The molecule has 1 aliphatic heterocycles. The highest BCUT2D eigenvalue weighted by Crippen LogP contribution is 2.20. The van der Waals surface area contributed by atoms with Gasteiger partial charge in [-0.1, -0.05) is 0 Å². The summed E-state index contributed by atoms with van der Waals surface area (Å²) in [6.07, 6.45) is 5.11. The number of nitrogens with one attached hydrogen (secondary N) is 1. The number of nitrogens with zero attached hydrogens (tertiary/aromatic N) is 1. The van der Waals surface area contributed by atoms with Gasteiger partial charge < -0.3 is 16.0 Å². The van der Waals surface area contributed by atoms with Gasteiger partial charge in [0.05, 0.1) is 0 Å². The van der Waals surface area contributed by atoms with Crippen molar-refractivity contribution < 1.29 is 0 Å². The lowest BCUT2D eigenvalue weighted by Crippen LogP contribution is -2.14. The number of nitrogens with two attached hydrogens (primary N) is 1. The molecule has 0 aliphatic carbocycles. The van der Waals surface area contributed by atoms with Crippen LogP contribution in [0.4, 0.5) is 0 Å². The lowest BCUT2D eigenvalue weighted by atomic mass is 10.00. The topological polar surface area (TPSA) is 53.1 Å². The van der Waals surface area contributed by atoms with Gasteiger partial charge >= 0.3 is 0 Å². The van der Waals surface area contributed by atoms with Crippen LogP contribution in [0.25, 0.3) is 0 Å². The predicted octanol–water partition coefficient (Wildman–Crippen LogP) is 0.820. The van der Waals surface area contributed by atoms with Gasteiger partial charge in [-0.05, 0) is 44.1 Å². The van der Waals surface area contributed by atoms with Crippen LogP contribution < -0.4 is 5.73 Å². The zero-order valence-corrected chi connectivity index (χ0v) is 7.59. The third-order valence-corrected chi connectivity index (χ3v) is 2.41. The largest absolute Gasteiger partial charge is 0.404 e. The maximum atomic E-state index is 7.09. The molecular formula is C9H17N3. The monoisotopic (exact) mass is 167 g/mol. The molecule has 0 bridgehead atoms. The Bertz CT molecular complexity index is 186. The van der Waals surface area contributed by atoms with Gasteiger partial charge in [0.2, 0.25) is 0 Å². The van der Waals surface area contributed by atoms with Crippen LogP contribution in [0.5, 0.6) is 0 Å². The lowest BCUT2D eigenvalue weighted by Gasteiger charge is -2.09. The van der Waals surface area contributed by atoms with E-state index in [2.05, 4.69) is 11.9 Å². The minimum Gasteiger partial charge on any atom is -0.404 e. The SMILES string of the molecule is CN1CCC(C/C(C=N)=C/N)C1. The van der Waals surface area contributed by atoms with Crippen LogP contribution in [0.2, 0.25) is 0 Å². The highest BCUT2D eigenvalue weighted by atomic mass is 15.1. The van der Waals surface area contributed by atoms with Gasteiger partial charge in [-0.15, -0.1) is 0 Å². The van der Waals surface area contributed by atoms with E-state index < -0.39 is 0 Å². The summed E-state index contributed by atoms with van der Waals surface area (Å²) in [6.45, 7) is 2.33. The van der Waals surface area contributed by atoms with E-state index in [1.165, 1.54) is 19.2 Å². The Morgan fingerprint density at radius 3 is 2.92 bits per heavy atom. The molecule has 1 fully saturated rings. The van der Waals surface area contributed by atoms with Crippen LogP contribution >= 0.6 is 0 Å².